The molecular weight excluding hydrogens is 306 g/mol. The molecule has 0 aromatic carbocycles. The molecule has 124 valence electrons. The number of aromatic nitrogens is 5. The Morgan fingerprint density at radius 1 is 1.21 bits per heavy atom. The van der Waals surface area contributed by atoms with Gasteiger partial charge in [0.2, 0.25) is 0 Å². The van der Waals surface area contributed by atoms with Gasteiger partial charge in [0.05, 0.1) is 18.4 Å². The highest BCUT2D eigenvalue weighted by Crippen LogP contribution is 2.19. The van der Waals surface area contributed by atoms with E-state index in [1.54, 1.807) is 23.5 Å². The summed E-state index contributed by atoms with van der Waals surface area (Å²) in [5.41, 5.74) is 2.03. The lowest BCUT2D eigenvalue weighted by Gasteiger charge is -2.26. The second-order valence-electron chi connectivity index (χ2n) is 5.96. The Kier molecular flexibility index (Phi) is 3.94. The number of carbonyl (C=O) groups excluding carboxylic acids is 1. The molecule has 0 atom stereocenters. The van der Waals surface area contributed by atoms with E-state index in [4.69, 9.17) is 0 Å². The number of nitrogens with zero attached hydrogens (tertiary/aromatic N) is 6. The smallest absolute Gasteiger partial charge is 0.318 e. The predicted octanol–water partition coefficient (Wildman–Crippen LogP) is 1.01. The molecule has 0 fully saturated rings. The van der Waals surface area contributed by atoms with Gasteiger partial charge >= 0.3 is 6.03 Å². The molecule has 4 heterocycles. The third-order valence-corrected chi connectivity index (χ3v) is 4.47. The van der Waals surface area contributed by atoms with E-state index in [1.807, 2.05) is 6.08 Å². The maximum atomic E-state index is 12.3. The number of hydrogen-bond acceptors (Lipinski definition) is 5. The summed E-state index contributed by atoms with van der Waals surface area (Å²) in [4.78, 5) is 22.5. The van der Waals surface area contributed by atoms with Gasteiger partial charge in [-0.25, -0.2) is 4.79 Å². The van der Waals surface area contributed by atoms with E-state index < -0.39 is 0 Å². The van der Waals surface area contributed by atoms with Crippen LogP contribution >= 0.6 is 0 Å². The van der Waals surface area contributed by atoms with Crippen LogP contribution in [0, 0.1) is 0 Å². The number of rotatable bonds is 3. The summed E-state index contributed by atoms with van der Waals surface area (Å²) >= 11 is 0. The topological polar surface area (TPSA) is 88.8 Å². The zero-order valence-electron chi connectivity index (χ0n) is 13.4. The van der Waals surface area contributed by atoms with Crippen molar-refractivity contribution in [2.45, 2.75) is 32.4 Å². The van der Waals surface area contributed by atoms with Crippen LogP contribution < -0.4 is 5.32 Å². The van der Waals surface area contributed by atoms with Crippen LogP contribution in [0.25, 0.3) is 5.57 Å². The lowest BCUT2D eigenvalue weighted by molar-refractivity contribution is 0.202. The van der Waals surface area contributed by atoms with E-state index in [0.717, 1.165) is 48.7 Å². The molecule has 8 heteroatoms. The summed E-state index contributed by atoms with van der Waals surface area (Å²) in [5.74, 6) is 1.86. The maximum absolute atomic E-state index is 12.3. The van der Waals surface area contributed by atoms with E-state index in [1.165, 1.54) is 0 Å². The fourth-order valence-electron chi connectivity index (χ4n) is 3.16. The van der Waals surface area contributed by atoms with E-state index in [0.29, 0.717) is 19.6 Å². The van der Waals surface area contributed by atoms with E-state index >= 15 is 0 Å². The molecule has 2 aromatic rings. The van der Waals surface area contributed by atoms with Gasteiger partial charge in [-0.05, 0) is 18.4 Å². The van der Waals surface area contributed by atoms with Crippen molar-refractivity contribution >= 4 is 11.6 Å². The molecule has 2 aliphatic heterocycles. The molecule has 0 saturated heterocycles. The standard InChI is InChI=1S/C16H19N7O/c24-16(19-11-15-21-20-14-2-1-7-23(14)15)22-8-3-12(4-9-22)13-10-17-5-6-18-13/h3,5-6,10H,1-2,4,7-9,11H2,(H,19,24). The van der Waals surface area contributed by atoms with Gasteiger partial charge < -0.3 is 14.8 Å². The van der Waals surface area contributed by atoms with Gasteiger partial charge in [0, 0.05) is 38.4 Å². The monoisotopic (exact) mass is 325 g/mol. The molecule has 2 aromatic heterocycles. The van der Waals surface area contributed by atoms with Crippen LogP contribution in [-0.2, 0) is 19.5 Å². The number of nitrogens with one attached hydrogen (secondary N) is 1. The second-order valence-corrected chi connectivity index (χ2v) is 5.96. The number of fused-ring (bicyclic) bond motifs is 1. The Bertz CT molecular complexity index is 768. The zero-order chi connectivity index (χ0) is 16.4. The first kappa shape index (κ1) is 14.8. The Balaban J connectivity index is 1.34. The van der Waals surface area contributed by atoms with Crippen molar-refractivity contribution < 1.29 is 4.79 Å². The van der Waals surface area contributed by atoms with Crippen molar-refractivity contribution in [3.63, 3.8) is 0 Å². The minimum Gasteiger partial charge on any atom is -0.331 e. The molecule has 0 aliphatic carbocycles. The van der Waals surface area contributed by atoms with Crippen molar-refractivity contribution in [1.82, 2.24) is 34.9 Å². The lowest BCUT2D eigenvalue weighted by Crippen LogP contribution is -2.42. The van der Waals surface area contributed by atoms with E-state index in [9.17, 15) is 4.79 Å². The second kappa shape index (κ2) is 6.38. The van der Waals surface area contributed by atoms with Crippen LogP contribution in [0.3, 0.4) is 0 Å². The van der Waals surface area contributed by atoms with Crippen molar-refractivity contribution in [2.24, 2.45) is 0 Å². The first-order chi connectivity index (χ1) is 11.8. The third kappa shape index (κ3) is 2.86. The normalized spacial score (nSPS) is 16.7. The highest BCUT2D eigenvalue weighted by molar-refractivity contribution is 5.76. The summed E-state index contributed by atoms with van der Waals surface area (Å²) in [6.07, 6.45) is 10.0. The van der Waals surface area contributed by atoms with Gasteiger partial charge in [0.1, 0.15) is 5.82 Å². The zero-order valence-corrected chi connectivity index (χ0v) is 13.4. The first-order valence-electron chi connectivity index (χ1n) is 8.20. The maximum Gasteiger partial charge on any atom is 0.318 e. The molecule has 0 unspecified atom stereocenters. The van der Waals surface area contributed by atoms with E-state index in [-0.39, 0.29) is 6.03 Å². The van der Waals surface area contributed by atoms with Gasteiger partial charge in [-0.2, -0.15) is 0 Å². The van der Waals surface area contributed by atoms with Gasteiger partial charge in [-0.1, -0.05) is 6.08 Å². The third-order valence-electron chi connectivity index (χ3n) is 4.47. The first-order valence-corrected chi connectivity index (χ1v) is 8.20. The Morgan fingerprint density at radius 3 is 2.96 bits per heavy atom. The largest absolute Gasteiger partial charge is 0.331 e. The number of carbonyl (C=O) groups is 1. The van der Waals surface area contributed by atoms with Crippen molar-refractivity contribution in [2.75, 3.05) is 13.1 Å². The minimum atomic E-state index is -0.0696. The molecular formula is C16H19N7O. The number of amides is 2. The van der Waals surface area contributed by atoms with E-state index in [2.05, 4.69) is 30.0 Å². The average molecular weight is 325 g/mol. The molecule has 24 heavy (non-hydrogen) atoms. The molecule has 4 rings (SSSR count). The van der Waals surface area contributed by atoms with Crippen LogP contribution in [-0.4, -0.2) is 48.8 Å². The highest BCUT2D eigenvalue weighted by Gasteiger charge is 2.21. The van der Waals surface area contributed by atoms with Crippen LogP contribution in [0.5, 0.6) is 0 Å². The summed E-state index contributed by atoms with van der Waals surface area (Å²) in [6.45, 7) is 2.62. The Labute approximate surface area is 139 Å². The van der Waals surface area contributed by atoms with Crippen molar-refractivity contribution in [3.05, 3.63) is 42.0 Å². The molecule has 0 radical (unpaired) electrons. The molecule has 1 N–H and O–H groups in total. The van der Waals surface area contributed by atoms with Crippen molar-refractivity contribution in [3.8, 4) is 0 Å². The molecule has 0 saturated carbocycles. The summed E-state index contributed by atoms with van der Waals surface area (Å²) in [5, 5.41) is 11.3. The molecule has 8 nitrogen and oxygen atoms in total. The fourth-order valence-corrected chi connectivity index (χ4v) is 3.16. The van der Waals surface area contributed by atoms with Crippen LogP contribution in [0.4, 0.5) is 4.79 Å². The molecule has 2 aliphatic rings. The summed E-state index contributed by atoms with van der Waals surface area (Å²) in [6, 6.07) is -0.0696. The Morgan fingerprint density at radius 2 is 2.17 bits per heavy atom. The van der Waals surface area contributed by atoms with Gasteiger partial charge in [0.25, 0.3) is 0 Å². The lowest BCUT2D eigenvalue weighted by atomic mass is 10.1. The molecule has 0 spiro atoms. The SMILES string of the molecule is O=C(NCc1nnc2n1CCC2)N1CC=C(c2cnccn2)CC1. The molecule has 2 amide bonds. The summed E-state index contributed by atoms with van der Waals surface area (Å²) in [7, 11) is 0. The van der Waals surface area contributed by atoms with Crippen LogP contribution in [0.2, 0.25) is 0 Å². The van der Waals surface area contributed by atoms with Gasteiger partial charge in [-0.15, -0.1) is 10.2 Å². The van der Waals surface area contributed by atoms with Gasteiger partial charge in [-0.3, -0.25) is 9.97 Å². The van der Waals surface area contributed by atoms with Gasteiger partial charge in [0.15, 0.2) is 5.82 Å². The number of aryl methyl sites for hydroxylation is 1. The quantitative estimate of drug-likeness (QED) is 0.910. The minimum absolute atomic E-state index is 0.0696. The van der Waals surface area contributed by atoms with Crippen molar-refractivity contribution in [1.29, 1.82) is 0 Å². The van der Waals surface area contributed by atoms with Crippen LogP contribution in [0.1, 0.15) is 30.2 Å². The fraction of sp³-hybridized carbons (Fsp3) is 0.438. The highest BCUT2D eigenvalue weighted by atomic mass is 16.2. The molecule has 0 bridgehead atoms. The summed E-state index contributed by atoms with van der Waals surface area (Å²) < 4.78 is 2.10. The Hall–Kier alpha value is -2.77. The average Bonchev–Trinajstić information content (AvgIpc) is 3.25. The number of hydrogen-bond donors (Lipinski definition) is 1. The predicted molar refractivity (Wildman–Crippen MR) is 86.8 cm³/mol. The van der Waals surface area contributed by atoms with Crippen LogP contribution in [0.15, 0.2) is 24.7 Å². The number of urea groups is 1.